The zero-order valence-electron chi connectivity index (χ0n) is 15.0. The molecule has 0 spiro atoms. The van der Waals surface area contributed by atoms with Gasteiger partial charge in [0.1, 0.15) is 11.3 Å². The molecule has 4 rings (SSSR count). The molecule has 3 aromatic rings. The molecule has 2 heterocycles. The summed E-state index contributed by atoms with van der Waals surface area (Å²) in [6.45, 7) is 1.38. The molecular weight excluding hydrogens is 362 g/mol. The number of furan rings is 1. The van der Waals surface area contributed by atoms with Crippen molar-refractivity contribution in [2.45, 2.75) is 19.3 Å². The lowest BCUT2D eigenvalue weighted by molar-refractivity contribution is -0.141. The second-order valence-corrected chi connectivity index (χ2v) is 6.72. The fourth-order valence-corrected chi connectivity index (χ4v) is 3.24. The Kier molecular flexibility index (Phi) is 4.35. The van der Waals surface area contributed by atoms with E-state index in [1.54, 1.807) is 31.2 Å². The van der Waals surface area contributed by atoms with E-state index >= 15 is 0 Å². The van der Waals surface area contributed by atoms with Crippen molar-refractivity contribution in [3.63, 3.8) is 0 Å². The van der Waals surface area contributed by atoms with Crippen molar-refractivity contribution in [3.8, 4) is 5.75 Å². The molecule has 0 saturated carbocycles. The van der Waals surface area contributed by atoms with Gasteiger partial charge in [0.25, 0.3) is 0 Å². The Morgan fingerprint density at radius 1 is 1.21 bits per heavy atom. The number of phenolic OH excluding ortho intramolecular Hbond substituents is 1. The van der Waals surface area contributed by atoms with Crippen LogP contribution >= 0.6 is 0 Å². The molecule has 0 aliphatic carbocycles. The first-order valence-corrected chi connectivity index (χ1v) is 8.75. The van der Waals surface area contributed by atoms with Crippen LogP contribution in [0.1, 0.15) is 34.3 Å². The highest BCUT2D eigenvalue weighted by Gasteiger charge is 2.27. The molecule has 142 valence electrons. The van der Waals surface area contributed by atoms with Crippen LogP contribution in [0, 0.1) is 0 Å². The Morgan fingerprint density at radius 3 is 2.86 bits per heavy atom. The number of ketones is 1. The van der Waals surface area contributed by atoms with Gasteiger partial charge in [0.15, 0.2) is 12.4 Å². The number of benzene rings is 2. The number of rotatable bonds is 5. The van der Waals surface area contributed by atoms with Gasteiger partial charge in [0.05, 0.1) is 18.6 Å². The number of hydrogen-bond donors (Lipinski definition) is 2. The van der Waals surface area contributed by atoms with Crippen LogP contribution in [-0.4, -0.2) is 29.4 Å². The van der Waals surface area contributed by atoms with E-state index in [2.05, 4.69) is 5.32 Å². The molecule has 2 aromatic carbocycles. The first kappa shape index (κ1) is 17.8. The number of phenols is 1. The number of anilines is 1. The number of ether oxygens (including phenoxy) is 1. The smallest absolute Gasteiger partial charge is 0.310 e. The topological polar surface area (TPSA) is 106 Å². The van der Waals surface area contributed by atoms with Crippen LogP contribution in [0.2, 0.25) is 0 Å². The highest BCUT2D eigenvalue weighted by molar-refractivity contribution is 6.05. The monoisotopic (exact) mass is 379 g/mol. The Balaban J connectivity index is 1.39. The molecule has 1 amide bonds. The molecule has 2 N–H and O–H groups in total. The van der Waals surface area contributed by atoms with Crippen LogP contribution in [0.25, 0.3) is 11.0 Å². The maximum Gasteiger partial charge on any atom is 0.310 e. The van der Waals surface area contributed by atoms with Crippen LogP contribution in [0.15, 0.2) is 47.1 Å². The van der Waals surface area contributed by atoms with Crippen molar-refractivity contribution in [1.82, 2.24) is 0 Å². The maximum atomic E-state index is 12.4. The number of carbonyl (C=O) groups is 3. The SMILES string of the molecule is C[C@H]1C(=O)Nc2ccc(C(=O)COC(=O)Cc3coc4cc(O)ccc34)cc21. The minimum atomic E-state index is -0.560. The predicted molar refractivity (Wildman–Crippen MR) is 100 cm³/mol. The van der Waals surface area contributed by atoms with Crippen molar-refractivity contribution in [2.24, 2.45) is 0 Å². The molecule has 0 bridgehead atoms. The molecule has 1 aromatic heterocycles. The van der Waals surface area contributed by atoms with E-state index in [1.165, 1.54) is 18.4 Å². The number of amides is 1. The van der Waals surface area contributed by atoms with Gasteiger partial charge in [-0.25, -0.2) is 0 Å². The summed E-state index contributed by atoms with van der Waals surface area (Å²) in [6.07, 6.45) is 1.38. The van der Waals surface area contributed by atoms with Crippen LogP contribution in [-0.2, 0) is 20.7 Å². The van der Waals surface area contributed by atoms with E-state index in [4.69, 9.17) is 9.15 Å². The summed E-state index contributed by atoms with van der Waals surface area (Å²) in [5.41, 5.74) is 2.93. The molecule has 1 aliphatic heterocycles. The van der Waals surface area contributed by atoms with Crippen molar-refractivity contribution < 1.29 is 28.6 Å². The quantitative estimate of drug-likeness (QED) is 0.521. The van der Waals surface area contributed by atoms with Gasteiger partial charge in [-0.1, -0.05) is 0 Å². The standard InChI is InChI=1S/C21H17NO6/c1-11-16-6-12(2-5-17(16)22-21(11)26)18(24)10-28-20(25)7-13-9-27-19-8-14(23)3-4-15(13)19/h2-6,8-9,11,23H,7,10H2,1H3,(H,22,26)/t11-/m1/s1. The third kappa shape index (κ3) is 3.22. The number of esters is 1. The maximum absolute atomic E-state index is 12.4. The predicted octanol–water partition coefficient (Wildman–Crippen LogP) is 3.16. The molecular formula is C21H17NO6. The second kappa shape index (κ2) is 6.84. The molecule has 0 fully saturated rings. The van der Waals surface area contributed by atoms with Gasteiger partial charge >= 0.3 is 5.97 Å². The van der Waals surface area contributed by atoms with Gasteiger partial charge in [-0.15, -0.1) is 0 Å². The van der Waals surface area contributed by atoms with Gasteiger partial charge in [0.2, 0.25) is 5.91 Å². The normalized spacial score (nSPS) is 15.3. The minimum absolute atomic E-state index is 0.0509. The summed E-state index contributed by atoms with van der Waals surface area (Å²) in [4.78, 5) is 36.2. The number of aromatic hydroxyl groups is 1. The van der Waals surface area contributed by atoms with Crippen LogP contribution in [0.3, 0.4) is 0 Å². The van der Waals surface area contributed by atoms with Gasteiger partial charge in [-0.05, 0) is 42.8 Å². The summed E-state index contributed by atoms with van der Waals surface area (Å²) in [6, 6.07) is 9.56. The fourth-order valence-electron chi connectivity index (χ4n) is 3.24. The van der Waals surface area contributed by atoms with E-state index in [1.807, 2.05) is 0 Å². The Morgan fingerprint density at radius 2 is 2.04 bits per heavy atom. The molecule has 0 radical (unpaired) electrons. The zero-order chi connectivity index (χ0) is 19.8. The van der Waals surface area contributed by atoms with Gasteiger partial charge < -0.3 is 19.6 Å². The molecule has 1 aliphatic rings. The van der Waals surface area contributed by atoms with Gasteiger partial charge in [-0.2, -0.15) is 0 Å². The van der Waals surface area contributed by atoms with E-state index in [0.29, 0.717) is 27.8 Å². The number of carbonyl (C=O) groups excluding carboxylic acids is 3. The molecule has 7 nitrogen and oxygen atoms in total. The number of Topliss-reactive ketones (excluding diaryl/α,β-unsaturated/α-hetero) is 1. The fraction of sp³-hybridized carbons (Fsp3) is 0.190. The lowest BCUT2D eigenvalue weighted by atomic mass is 9.99. The second-order valence-electron chi connectivity index (χ2n) is 6.72. The van der Waals surface area contributed by atoms with Gasteiger partial charge in [-0.3, -0.25) is 14.4 Å². The summed E-state index contributed by atoms with van der Waals surface area (Å²) in [5.74, 6) is -1.26. The van der Waals surface area contributed by atoms with E-state index < -0.39 is 5.97 Å². The van der Waals surface area contributed by atoms with Crippen LogP contribution in [0.5, 0.6) is 5.75 Å². The lowest BCUT2D eigenvalue weighted by Gasteiger charge is -2.07. The summed E-state index contributed by atoms with van der Waals surface area (Å²) in [5, 5.41) is 12.9. The third-order valence-electron chi connectivity index (χ3n) is 4.83. The van der Waals surface area contributed by atoms with Crippen molar-refractivity contribution in [1.29, 1.82) is 0 Å². The van der Waals surface area contributed by atoms with E-state index in [-0.39, 0.29) is 36.4 Å². The van der Waals surface area contributed by atoms with Crippen molar-refractivity contribution >= 4 is 34.3 Å². The number of nitrogens with one attached hydrogen (secondary N) is 1. The van der Waals surface area contributed by atoms with Crippen molar-refractivity contribution in [2.75, 3.05) is 11.9 Å². The Bertz CT molecular complexity index is 1110. The third-order valence-corrected chi connectivity index (χ3v) is 4.83. The largest absolute Gasteiger partial charge is 0.508 e. The van der Waals surface area contributed by atoms with Crippen LogP contribution < -0.4 is 5.32 Å². The Hall–Kier alpha value is -3.61. The average molecular weight is 379 g/mol. The highest BCUT2D eigenvalue weighted by Crippen LogP contribution is 2.32. The van der Waals surface area contributed by atoms with Crippen LogP contribution in [0.4, 0.5) is 5.69 Å². The molecule has 0 saturated heterocycles. The summed E-state index contributed by atoms with van der Waals surface area (Å²) >= 11 is 0. The molecule has 7 heteroatoms. The molecule has 0 unspecified atom stereocenters. The summed E-state index contributed by atoms with van der Waals surface area (Å²) < 4.78 is 10.4. The molecule has 28 heavy (non-hydrogen) atoms. The highest BCUT2D eigenvalue weighted by atomic mass is 16.5. The summed E-state index contributed by atoms with van der Waals surface area (Å²) in [7, 11) is 0. The first-order chi connectivity index (χ1) is 13.4. The average Bonchev–Trinajstić information content (AvgIpc) is 3.19. The lowest BCUT2D eigenvalue weighted by Crippen LogP contribution is -2.15. The minimum Gasteiger partial charge on any atom is -0.508 e. The number of hydrogen-bond acceptors (Lipinski definition) is 6. The van der Waals surface area contributed by atoms with Gasteiger partial charge in [0, 0.05) is 28.3 Å². The first-order valence-electron chi connectivity index (χ1n) is 8.75. The molecule has 1 atom stereocenters. The van der Waals surface area contributed by atoms with E-state index in [0.717, 1.165) is 5.56 Å². The van der Waals surface area contributed by atoms with Crippen molar-refractivity contribution in [3.05, 3.63) is 59.4 Å². The zero-order valence-corrected chi connectivity index (χ0v) is 15.0. The number of fused-ring (bicyclic) bond motifs is 2. The van der Waals surface area contributed by atoms with E-state index in [9.17, 15) is 19.5 Å². The Labute approximate surface area is 159 Å².